The van der Waals surface area contributed by atoms with Crippen molar-refractivity contribution in [1.82, 2.24) is 24.1 Å². The molecule has 2 fully saturated rings. The molecule has 1 N–H and O–H groups in total. The minimum Gasteiger partial charge on any atom is -0.359 e. The molecule has 6 rings (SSSR count). The van der Waals surface area contributed by atoms with E-state index in [-0.39, 0.29) is 29.6 Å². The second kappa shape index (κ2) is 5.84. The molecule has 2 aliphatic carbocycles. The quantitative estimate of drug-likeness (QED) is 0.571. The number of thiazole rings is 1. The summed E-state index contributed by atoms with van der Waals surface area (Å²) >= 11 is 1.52. The maximum atomic E-state index is 13.4. The third-order valence-corrected chi connectivity index (χ3v) is 6.56. The van der Waals surface area contributed by atoms with Gasteiger partial charge in [0.25, 0.3) is 0 Å². The lowest BCUT2D eigenvalue weighted by Crippen LogP contribution is -2.41. The zero-order chi connectivity index (χ0) is 18.8. The monoisotopic (exact) mass is 396 g/mol. The maximum absolute atomic E-state index is 13.4. The zero-order valence-electron chi connectivity index (χ0n) is 14.9. The lowest BCUT2D eigenvalue weighted by Gasteiger charge is -2.36. The minimum absolute atomic E-state index is 0.00242. The Labute approximate surface area is 162 Å². The van der Waals surface area contributed by atoms with Crippen LogP contribution in [0.15, 0.2) is 35.4 Å². The summed E-state index contributed by atoms with van der Waals surface area (Å²) in [7, 11) is 0. The SMILES string of the molecule is O=c1n(C2CC2)c2nccnc2n1C1CC(Nc2nc3cc(F)ccc3s2)C1. The van der Waals surface area contributed by atoms with Crippen LogP contribution in [0.1, 0.15) is 37.8 Å². The molecule has 0 spiro atoms. The summed E-state index contributed by atoms with van der Waals surface area (Å²) in [5.41, 5.74) is 2.04. The molecule has 9 heteroatoms. The van der Waals surface area contributed by atoms with Gasteiger partial charge in [0, 0.05) is 36.6 Å². The molecule has 2 saturated carbocycles. The lowest BCUT2D eigenvalue weighted by atomic mass is 9.86. The summed E-state index contributed by atoms with van der Waals surface area (Å²) in [5.74, 6) is -0.277. The van der Waals surface area contributed by atoms with Gasteiger partial charge >= 0.3 is 5.69 Å². The van der Waals surface area contributed by atoms with Gasteiger partial charge < -0.3 is 5.32 Å². The largest absolute Gasteiger partial charge is 0.359 e. The van der Waals surface area contributed by atoms with Crippen molar-refractivity contribution in [2.45, 2.75) is 43.8 Å². The summed E-state index contributed by atoms with van der Waals surface area (Å²) in [4.78, 5) is 26.3. The first-order chi connectivity index (χ1) is 13.7. The highest BCUT2D eigenvalue weighted by atomic mass is 32.1. The third kappa shape index (κ3) is 2.46. The highest BCUT2D eigenvalue weighted by molar-refractivity contribution is 7.22. The van der Waals surface area contributed by atoms with E-state index in [0.29, 0.717) is 16.8 Å². The second-order valence-electron chi connectivity index (χ2n) is 7.55. The van der Waals surface area contributed by atoms with Gasteiger partial charge in [-0.25, -0.2) is 24.1 Å². The fourth-order valence-corrected chi connectivity index (χ4v) is 4.93. The topological polar surface area (TPSA) is 77.6 Å². The lowest BCUT2D eigenvalue weighted by molar-refractivity contribution is 0.280. The molecule has 0 saturated heterocycles. The zero-order valence-corrected chi connectivity index (χ0v) is 15.7. The van der Waals surface area contributed by atoms with E-state index in [1.54, 1.807) is 18.5 Å². The van der Waals surface area contributed by atoms with E-state index in [2.05, 4.69) is 20.3 Å². The Hall–Kier alpha value is -2.81. The predicted octanol–water partition coefficient (Wildman–Crippen LogP) is 3.49. The number of halogens is 1. The van der Waals surface area contributed by atoms with E-state index in [4.69, 9.17) is 0 Å². The van der Waals surface area contributed by atoms with Crippen molar-refractivity contribution in [3.8, 4) is 0 Å². The van der Waals surface area contributed by atoms with Crippen molar-refractivity contribution < 1.29 is 4.39 Å². The summed E-state index contributed by atoms with van der Waals surface area (Å²) in [6, 6.07) is 5.26. The molecule has 142 valence electrons. The highest BCUT2D eigenvalue weighted by Gasteiger charge is 2.37. The molecule has 0 aliphatic heterocycles. The Morgan fingerprint density at radius 3 is 2.50 bits per heavy atom. The Balaban J connectivity index is 1.25. The van der Waals surface area contributed by atoms with Crippen LogP contribution in [0.3, 0.4) is 0 Å². The van der Waals surface area contributed by atoms with E-state index in [1.807, 2.05) is 9.13 Å². The van der Waals surface area contributed by atoms with Crippen LogP contribution in [0.2, 0.25) is 0 Å². The van der Waals surface area contributed by atoms with Crippen molar-refractivity contribution >= 4 is 38.0 Å². The third-order valence-electron chi connectivity index (χ3n) is 5.60. The number of rotatable bonds is 4. The molecule has 1 aromatic carbocycles. The van der Waals surface area contributed by atoms with Crippen LogP contribution in [-0.4, -0.2) is 30.1 Å². The number of benzene rings is 1. The van der Waals surface area contributed by atoms with E-state index in [9.17, 15) is 9.18 Å². The van der Waals surface area contributed by atoms with Crippen molar-refractivity contribution in [2.24, 2.45) is 0 Å². The molecular weight excluding hydrogens is 379 g/mol. The number of fused-ring (bicyclic) bond motifs is 2. The Morgan fingerprint density at radius 1 is 1.07 bits per heavy atom. The van der Waals surface area contributed by atoms with Gasteiger partial charge in [-0.05, 0) is 37.8 Å². The standard InChI is InChI=1S/C19H17FN6OS/c20-10-1-4-15-14(7-10)24-18(28-15)23-11-8-13(9-11)26-17-16(21-5-6-22-17)25(19(26)27)12-2-3-12/h1,4-7,11-13H,2-3,8-9H2,(H,23,24). The molecular formula is C19H17FN6OS. The molecule has 3 heterocycles. The summed E-state index contributed by atoms with van der Waals surface area (Å²) in [6.07, 6.45) is 7.00. The molecule has 0 radical (unpaired) electrons. The number of imidazole rings is 1. The van der Waals surface area contributed by atoms with Gasteiger partial charge in [0.2, 0.25) is 0 Å². The second-order valence-corrected chi connectivity index (χ2v) is 8.59. The van der Waals surface area contributed by atoms with Crippen LogP contribution < -0.4 is 11.0 Å². The number of hydrogen-bond acceptors (Lipinski definition) is 6. The molecule has 4 aromatic rings. The Morgan fingerprint density at radius 2 is 1.79 bits per heavy atom. The van der Waals surface area contributed by atoms with Crippen molar-refractivity contribution in [3.63, 3.8) is 0 Å². The average molecular weight is 396 g/mol. The smallest absolute Gasteiger partial charge is 0.332 e. The van der Waals surface area contributed by atoms with Crippen LogP contribution in [0.4, 0.5) is 9.52 Å². The molecule has 0 amide bonds. The van der Waals surface area contributed by atoms with Crippen LogP contribution >= 0.6 is 11.3 Å². The van der Waals surface area contributed by atoms with E-state index < -0.39 is 0 Å². The van der Waals surface area contributed by atoms with Crippen LogP contribution in [0, 0.1) is 5.82 Å². The maximum Gasteiger partial charge on any atom is 0.332 e. The highest BCUT2D eigenvalue weighted by Crippen LogP contribution is 2.39. The van der Waals surface area contributed by atoms with Gasteiger partial charge in [-0.15, -0.1) is 0 Å². The first-order valence-electron chi connectivity index (χ1n) is 9.43. The summed E-state index contributed by atoms with van der Waals surface area (Å²) in [6.45, 7) is 0. The molecule has 28 heavy (non-hydrogen) atoms. The molecule has 0 atom stereocenters. The van der Waals surface area contributed by atoms with Gasteiger partial charge in [-0.3, -0.25) is 9.13 Å². The molecule has 7 nitrogen and oxygen atoms in total. The first kappa shape index (κ1) is 16.2. The van der Waals surface area contributed by atoms with Gasteiger partial charge in [-0.1, -0.05) is 11.3 Å². The van der Waals surface area contributed by atoms with E-state index in [0.717, 1.165) is 35.5 Å². The average Bonchev–Trinajstić information content (AvgIpc) is 3.33. The van der Waals surface area contributed by atoms with Gasteiger partial charge in [0.05, 0.1) is 10.2 Å². The number of nitrogens with one attached hydrogen (secondary N) is 1. The van der Waals surface area contributed by atoms with Crippen LogP contribution in [0.25, 0.3) is 21.5 Å². The molecule has 0 bridgehead atoms. The van der Waals surface area contributed by atoms with E-state index >= 15 is 0 Å². The molecule has 2 aliphatic rings. The number of anilines is 1. The molecule has 0 unspecified atom stereocenters. The van der Waals surface area contributed by atoms with Crippen molar-refractivity contribution in [2.75, 3.05) is 5.32 Å². The summed E-state index contributed by atoms with van der Waals surface area (Å²) < 4.78 is 17.9. The van der Waals surface area contributed by atoms with Crippen LogP contribution in [-0.2, 0) is 0 Å². The van der Waals surface area contributed by atoms with Crippen molar-refractivity contribution in [1.29, 1.82) is 0 Å². The van der Waals surface area contributed by atoms with E-state index in [1.165, 1.54) is 23.5 Å². The van der Waals surface area contributed by atoms with Gasteiger partial charge in [0.15, 0.2) is 16.4 Å². The number of hydrogen-bond donors (Lipinski definition) is 1. The fourth-order valence-electron chi connectivity index (χ4n) is 4.00. The predicted molar refractivity (Wildman–Crippen MR) is 105 cm³/mol. The fraction of sp³-hybridized carbons (Fsp3) is 0.368. The first-order valence-corrected chi connectivity index (χ1v) is 10.2. The number of nitrogens with zero attached hydrogens (tertiary/aromatic N) is 5. The van der Waals surface area contributed by atoms with Gasteiger partial charge in [-0.2, -0.15) is 0 Å². The number of aromatic nitrogens is 5. The van der Waals surface area contributed by atoms with Crippen molar-refractivity contribution in [3.05, 3.63) is 46.9 Å². The minimum atomic E-state index is -0.277. The normalized spacial score (nSPS) is 21.9. The van der Waals surface area contributed by atoms with Crippen LogP contribution in [0.5, 0.6) is 0 Å². The molecule has 3 aromatic heterocycles. The van der Waals surface area contributed by atoms with Gasteiger partial charge in [0.1, 0.15) is 5.82 Å². The summed E-state index contributed by atoms with van der Waals surface area (Å²) in [5, 5.41) is 4.21. The Kier molecular flexibility index (Phi) is 3.37. The Bertz CT molecular complexity index is 1270.